The molecule has 0 bridgehead atoms. The van der Waals surface area contributed by atoms with Crippen LogP contribution in [0.15, 0.2) is 54.7 Å². The fraction of sp³-hybridized carbons (Fsp3) is 0.464. The van der Waals surface area contributed by atoms with Crippen molar-refractivity contribution in [1.29, 1.82) is 5.26 Å². The number of para-hydroxylation sites is 1. The Bertz CT molecular complexity index is 1460. The maximum absolute atomic E-state index is 14.0. The van der Waals surface area contributed by atoms with Crippen molar-refractivity contribution < 1.29 is 38.1 Å². The van der Waals surface area contributed by atoms with E-state index in [1.165, 1.54) is 29.8 Å². The van der Waals surface area contributed by atoms with Crippen molar-refractivity contribution in [2.75, 3.05) is 18.9 Å². The van der Waals surface area contributed by atoms with Crippen LogP contribution in [0.1, 0.15) is 45.4 Å². The van der Waals surface area contributed by atoms with Gasteiger partial charge >= 0.3 is 13.7 Å². The van der Waals surface area contributed by atoms with Crippen molar-refractivity contribution >= 4 is 24.9 Å². The van der Waals surface area contributed by atoms with E-state index in [0.29, 0.717) is 16.9 Å². The van der Waals surface area contributed by atoms with Gasteiger partial charge in [-0.3, -0.25) is 9.32 Å². The summed E-state index contributed by atoms with van der Waals surface area (Å²) in [4.78, 5) is 12.7. The van der Waals surface area contributed by atoms with Crippen LogP contribution in [0.2, 0.25) is 0 Å². The first-order chi connectivity index (χ1) is 20.1. The van der Waals surface area contributed by atoms with Crippen LogP contribution in [0.5, 0.6) is 5.75 Å². The number of esters is 1. The summed E-state index contributed by atoms with van der Waals surface area (Å²) in [7, 11) is -4.40. The maximum Gasteiger partial charge on any atom is 0.459 e. The highest BCUT2D eigenvalue weighted by molar-refractivity contribution is 7.52. The van der Waals surface area contributed by atoms with Gasteiger partial charge < -0.3 is 29.9 Å². The predicted octanol–water partition coefficient (Wildman–Crippen LogP) is 3.13. The van der Waals surface area contributed by atoms with E-state index < -0.39 is 50.3 Å². The van der Waals surface area contributed by atoms with Gasteiger partial charge in [0.05, 0.1) is 23.5 Å². The van der Waals surface area contributed by atoms with Crippen LogP contribution in [0, 0.1) is 17.2 Å². The van der Waals surface area contributed by atoms with Crippen molar-refractivity contribution in [1.82, 2.24) is 14.7 Å². The number of carbonyl (C=O) groups excluding carboxylic acids is 1. The fourth-order valence-electron chi connectivity index (χ4n) is 4.59. The molecule has 5 N–H and O–H groups in total. The van der Waals surface area contributed by atoms with Crippen molar-refractivity contribution in [3.63, 3.8) is 0 Å². The van der Waals surface area contributed by atoms with Crippen molar-refractivity contribution in [2.45, 2.75) is 63.6 Å². The molecule has 0 aliphatic carbocycles. The standard InChI is InChI=1S/C28H36N5O8P/c1-4-19(5-2)15-38-27(36)18(3)32-42(37,41-20-9-7-6-8-10-20)39-17-28(16-29)26(35)24(34)25(40-28)23-12-11-22-21(30)13-14-31-33(22)23/h6-14,18-19,24-26,34-35H,4-5,15,17,30H2,1-3H3,(H,32,37)/t18-,24-,25-,26-,28+,42?/m0/s1. The third-order valence-corrected chi connectivity index (χ3v) is 8.91. The molecule has 2 aromatic heterocycles. The molecule has 13 nitrogen and oxygen atoms in total. The summed E-state index contributed by atoms with van der Waals surface area (Å²) in [5.41, 5.74) is 5.14. The number of nitrogens with one attached hydrogen (secondary N) is 1. The molecule has 1 aliphatic rings. The molecule has 3 heterocycles. The zero-order chi connectivity index (χ0) is 30.5. The minimum atomic E-state index is -4.40. The number of anilines is 1. The highest BCUT2D eigenvalue weighted by Crippen LogP contribution is 2.48. The molecule has 1 fully saturated rings. The molecule has 1 saturated heterocycles. The molecule has 3 aromatic rings. The molecule has 0 spiro atoms. The average Bonchev–Trinajstić information content (AvgIpc) is 3.52. The Morgan fingerprint density at radius 3 is 2.62 bits per heavy atom. The molecule has 14 heteroatoms. The second-order valence-electron chi connectivity index (χ2n) is 10.2. The quantitative estimate of drug-likeness (QED) is 0.166. The lowest BCUT2D eigenvalue weighted by Crippen LogP contribution is -2.46. The molecule has 1 aliphatic heterocycles. The summed E-state index contributed by atoms with van der Waals surface area (Å²) in [6, 6.07) is 13.7. The number of rotatable bonds is 13. The minimum Gasteiger partial charge on any atom is -0.464 e. The van der Waals surface area contributed by atoms with Crippen LogP contribution in [-0.2, 0) is 23.4 Å². The van der Waals surface area contributed by atoms with Gasteiger partial charge in [-0.15, -0.1) is 0 Å². The lowest BCUT2D eigenvalue weighted by atomic mass is 9.96. The van der Waals surface area contributed by atoms with Gasteiger partial charge in [0, 0.05) is 6.20 Å². The maximum atomic E-state index is 14.0. The van der Waals surface area contributed by atoms with Crippen LogP contribution in [0.4, 0.5) is 5.69 Å². The van der Waals surface area contributed by atoms with Crippen LogP contribution in [0.25, 0.3) is 5.52 Å². The van der Waals surface area contributed by atoms with Crippen molar-refractivity contribution in [3.8, 4) is 11.8 Å². The summed E-state index contributed by atoms with van der Waals surface area (Å²) in [5, 5.41) is 38.8. The molecule has 226 valence electrons. The van der Waals surface area contributed by atoms with Crippen molar-refractivity contribution in [2.24, 2.45) is 5.92 Å². The van der Waals surface area contributed by atoms with E-state index in [1.807, 2.05) is 19.9 Å². The molecule has 42 heavy (non-hydrogen) atoms. The molecular formula is C28H36N5O8P. The summed E-state index contributed by atoms with van der Waals surface area (Å²) in [6.45, 7) is 4.85. The second kappa shape index (κ2) is 13.2. The number of nitrogen functional groups attached to an aromatic ring is 1. The van der Waals surface area contributed by atoms with Gasteiger partial charge in [-0.25, -0.2) is 9.08 Å². The number of hydrogen-bond acceptors (Lipinski definition) is 11. The van der Waals surface area contributed by atoms with E-state index in [4.69, 9.17) is 24.3 Å². The molecule has 1 unspecified atom stereocenters. The molecule has 1 aromatic carbocycles. The lowest BCUT2D eigenvalue weighted by Gasteiger charge is -2.28. The summed E-state index contributed by atoms with van der Waals surface area (Å²) in [5.74, 6) is -0.326. The Balaban J connectivity index is 1.55. The Morgan fingerprint density at radius 1 is 1.24 bits per heavy atom. The smallest absolute Gasteiger partial charge is 0.459 e. The van der Waals surface area contributed by atoms with E-state index in [0.717, 1.165) is 12.8 Å². The number of benzene rings is 1. The van der Waals surface area contributed by atoms with Gasteiger partial charge in [-0.1, -0.05) is 44.9 Å². The van der Waals surface area contributed by atoms with Gasteiger partial charge in [0.15, 0.2) is 0 Å². The molecule has 0 radical (unpaired) electrons. The first kappa shape index (κ1) is 31.4. The number of aromatic nitrogens is 2. The minimum absolute atomic E-state index is 0.158. The zero-order valence-electron chi connectivity index (χ0n) is 23.6. The average molecular weight is 602 g/mol. The monoisotopic (exact) mass is 601 g/mol. The Labute approximate surface area is 243 Å². The summed E-state index contributed by atoms with van der Waals surface area (Å²) < 4.78 is 38.0. The molecular weight excluding hydrogens is 565 g/mol. The zero-order valence-corrected chi connectivity index (χ0v) is 24.5. The summed E-state index contributed by atoms with van der Waals surface area (Å²) in [6.07, 6.45) is -1.43. The third kappa shape index (κ3) is 6.60. The largest absolute Gasteiger partial charge is 0.464 e. The van der Waals surface area contributed by atoms with Crippen LogP contribution >= 0.6 is 7.75 Å². The normalized spacial score (nSPS) is 24.3. The molecule has 6 atom stereocenters. The van der Waals surface area contributed by atoms with Gasteiger partial charge in [0.2, 0.25) is 5.60 Å². The van der Waals surface area contributed by atoms with E-state index in [-0.39, 0.29) is 18.3 Å². The lowest BCUT2D eigenvalue weighted by molar-refractivity contribution is -0.146. The van der Waals surface area contributed by atoms with Crippen LogP contribution < -0.4 is 15.3 Å². The number of nitrogens with two attached hydrogens (primary N) is 1. The van der Waals surface area contributed by atoms with Crippen LogP contribution in [-0.4, -0.2) is 62.9 Å². The van der Waals surface area contributed by atoms with Gasteiger partial charge in [-0.2, -0.15) is 15.4 Å². The first-order valence-corrected chi connectivity index (χ1v) is 15.2. The SMILES string of the molecule is CCC(CC)COC(=O)[C@H](C)NP(=O)(OC[C@@]1(C#N)O[C@@H](c2ccc3c(N)ccnn23)[C@H](O)[C@@H]1O)Oc1ccccc1. The van der Waals surface area contributed by atoms with E-state index in [9.17, 15) is 24.8 Å². The fourth-order valence-corrected chi connectivity index (χ4v) is 6.11. The number of hydrogen-bond donors (Lipinski definition) is 4. The summed E-state index contributed by atoms with van der Waals surface area (Å²) >= 11 is 0. The number of aliphatic hydroxyl groups is 2. The van der Waals surface area contributed by atoms with Gasteiger partial charge in [-0.05, 0) is 43.2 Å². The van der Waals surface area contributed by atoms with Gasteiger partial charge in [0.25, 0.3) is 0 Å². The molecule has 0 amide bonds. The van der Waals surface area contributed by atoms with Crippen molar-refractivity contribution in [3.05, 3.63) is 60.4 Å². The number of ether oxygens (including phenoxy) is 2. The number of aliphatic hydroxyl groups excluding tert-OH is 2. The third-order valence-electron chi connectivity index (χ3n) is 7.29. The Hall–Kier alpha value is -3.50. The molecule has 4 rings (SSSR count). The number of fused-ring (bicyclic) bond motifs is 1. The van der Waals surface area contributed by atoms with Crippen LogP contribution in [0.3, 0.4) is 0 Å². The highest BCUT2D eigenvalue weighted by Gasteiger charge is 2.57. The number of nitriles is 1. The first-order valence-electron chi connectivity index (χ1n) is 13.7. The number of nitrogens with zero attached hydrogens (tertiary/aromatic N) is 3. The van der Waals surface area contributed by atoms with E-state index in [2.05, 4.69) is 10.2 Å². The second-order valence-corrected chi connectivity index (χ2v) is 11.8. The van der Waals surface area contributed by atoms with E-state index >= 15 is 0 Å². The molecule has 0 saturated carbocycles. The van der Waals surface area contributed by atoms with E-state index in [1.54, 1.807) is 36.4 Å². The Kier molecular flexibility index (Phi) is 9.89. The Morgan fingerprint density at radius 2 is 1.95 bits per heavy atom. The van der Waals surface area contributed by atoms with Gasteiger partial charge in [0.1, 0.15) is 42.8 Å². The number of carbonyl (C=O) groups is 1. The highest BCUT2D eigenvalue weighted by atomic mass is 31.2. The topological polar surface area (TPSA) is 191 Å². The predicted molar refractivity (Wildman–Crippen MR) is 152 cm³/mol.